The molecule has 0 spiro atoms. The van der Waals surface area contributed by atoms with E-state index in [4.69, 9.17) is 17.3 Å². The summed E-state index contributed by atoms with van der Waals surface area (Å²) in [6.45, 7) is 2.25. The molecule has 0 saturated carbocycles. The summed E-state index contributed by atoms with van der Waals surface area (Å²) in [7, 11) is 1.74. The molecular formula is C9H14Cl2N2OS. The van der Waals surface area contributed by atoms with Crippen molar-refractivity contribution in [1.29, 1.82) is 0 Å². The lowest BCUT2D eigenvalue weighted by Crippen LogP contribution is -2.39. The first-order valence-corrected chi connectivity index (χ1v) is 5.45. The molecule has 0 aromatic carbocycles. The number of carbonyl (C=O) groups is 1. The molecule has 0 aliphatic rings. The third kappa shape index (κ3) is 4.38. The van der Waals surface area contributed by atoms with Crippen LogP contribution in [0.4, 0.5) is 0 Å². The van der Waals surface area contributed by atoms with E-state index in [0.29, 0.717) is 6.54 Å². The molecule has 0 radical (unpaired) electrons. The van der Waals surface area contributed by atoms with E-state index in [2.05, 4.69) is 0 Å². The molecular weight excluding hydrogens is 255 g/mol. The maximum atomic E-state index is 11.4. The molecule has 0 fully saturated rings. The highest BCUT2D eigenvalue weighted by molar-refractivity contribution is 7.16. The number of likely N-dealkylation sites (N-methyl/N-ethyl adjacent to an activating group) is 1. The number of thiophene rings is 1. The van der Waals surface area contributed by atoms with Gasteiger partial charge in [-0.15, -0.1) is 23.7 Å². The monoisotopic (exact) mass is 268 g/mol. The predicted octanol–water partition coefficient (Wildman–Crippen LogP) is 2.13. The third-order valence-corrected chi connectivity index (χ3v) is 3.00. The van der Waals surface area contributed by atoms with Gasteiger partial charge in [-0.3, -0.25) is 4.79 Å². The van der Waals surface area contributed by atoms with Crippen molar-refractivity contribution in [2.45, 2.75) is 19.5 Å². The molecule has 0 saturated heterocycles. The van der Waals surface area contributed by atoms with Crippen molar-refractivity contribution in [3.8, 4) is 0 Å². The molecule has 86 valence electrons. The van der Waals surface area contributed by atoms with Crippen molar-refractivity contribution in [2.24, 2.45) is 5.73 Å². The topological polar surface area (TPSA) is 46.3 Å². The van der Waals surface area contributed by atoms with E-state index in [9.17, 15) is 4.79 Å². The van der Waals surface area contributed by atoms with Gasteiger partial charge in [-0.2, -0.15) is 0 Å². The van der Waals surface area contributed by atoms with Crippen LogP contribution < -0.4 is 5.73 Å². The van der Waals surface area contributed by atoms with E-state index >= 15 is 0 Å². The van der Waals surface area contributed by atoms with Crippen LogP contribution in [-0.4, -0.2) is 23.9 Å². The number of amides is 1. The van der Waals surface area contributed by atoms with Crippen molar-refractivity contribution in [2.75, 3.05) is 7.05 Å². The van der Waals surface area contributed by atoms with Gasteiger partial charge in [0.15, 0.2) is 0 Å². The van der Waals surface area contributed by atoms with E-state index in [1.165, 1.54) is 11.3 Å². The minimum absolute atomic E-state index is 0. The first kappa shape index (κ1) is 14.7. The molecule has 6 heteroatoms. The highest BCUT2D eigenvalue weighted by atomic mass is 35.5. The van der Waals surface area contributed by atoms with E-state index in [0.717, 1.165) is 9.21 Å². The summed E-state index contributed by atoms with van der Waals surface area (Å²) in [5, 5.41) is 0. The maximum Gasteiger partial charge on any atom is 0.239 e. The zero-order valence-electron chi connectivity index (χ0n) is 8.57. The second kappa shape index (κ2) is 6.33. The Kier molecular flexibility index (Phi) is 6.20. The molecule has 0 bridgehead atoms. The quantitative estimate of drug-likeness (QED) is 0.913. The maximum absolute atomic E-state index is 11.4. The smallest absolute Gasteiger partial charge is 0.239 e. The number of hydrogen-bond donors (Lipinski definition) is 1. The van der Waals surface area contributed by atoms with Crippen molar-refractivity contribution in [1.82, 2.24) is 4.90 Å². The van der Waals surface area contributed by atoms with Gasteiger partial charge in [0.2, 0.25) is 5.91 Å². The van der Waals surface area contributed by atoms with Crippen LogP contribution in [0.5, 0.6) is 0 Å². The molecule has 2 N–H and O–H groups in total. The van der Waals surface area contributed by atoms with Crippen molar-refractivity contribution in [3.05, 3.63) is 21.3 Å². The molecule has 3 nitrogen and oxygen atoms in total. The lowest BCUT2D eigenvalue weighted by Gasteiger charge is -2.18. The SMILES string of the molecule is C[C@H](N)C(=O)N(C)Cc1ccc(Cl)s1.Cl. The Labute approximate surface area is 105 Å². The highest BCUT2D eigenvalue weighted by Gasteiger charge is 2.13. The number of rotatable bonds is 3. The summed E-state index contributed by atoms with van der Waals surface area (Å²) in [6.07, 6.45) is 0. The molecule has 15 heavy (non-hydrogen) atoms. The largest absolute Gasteiger partial charge is 0.339 e. The summed E-state index contributed by atoms with van der Waals surface area (Å²) in [6, 6.07) is 3.29. The number of hydrogen-bond acceptors (Lipinski definition) is 3. The standard InChI is InChI=1S/C9H13ClN2OS.ClH/c1-6(11)9(13)12(2)5-7-3-4-8(10)14-7;/h3-4,6H,5,11H2,1-2H3;1H/t6-;/m0./s1. The molecule has 0 unspecified atom stereocenters. The van der Waals surface area contributed by atoms with Gasteiger partial charge < -0.3 is 10.6 Å². The lowest BCUT2D eigenvalue weighted by molar-refractivity contribution is -0.131. The van der Waals surface area contributed by atoms with Gasteiger partial charge in [0.1, 0.15) is 0 Å². The van der Waals surface area contributed by atoms with Crippen LogP contribution in [0.15, 0.2) is 12.1 Å². The minimum atomic E-state index is -0.449. The highest BCUT2D eigenvalue weighted by Crippen LogP contribution is 2.22. The Balaban J connectivity index is 0.00000196. The molecule has 1 heterocycles. The van der Waals surface area contributed by atoms with Gasteiger partial charge in [-0.25, -0.2) is 0 Å². The molecule has 0 aliphatic heterocycles. The second-order valence-corrected chi connectivity index (χ2v) is 4.99. The van der Waals surface area contributed by atoms with Crippen LogP contribution in [0.2, 0.25) is 4.34 Å². The Morgan fingerprint density at radius 2 is 2.27 bits per heavy atom. The van der Waals surface area contributed by atoms with E-state index in [1.807, 2.05) is 12.1 Å². The zero-order chi connectivity index (χ0) is 10.7. The second-order valence-electron chi connectivity index (χ2n) is 3.19. The lowest BCUT2D eigenvalue weighted by atomic mass is 10.3. The van der Waals surface area contributed by atoms with Gasteiger partial charge >= 0.3 is 0 Å². The molecule has 1 amide bonds. The molecule has 0 aliphatic carbocycles. The van der Waals surface area contributed by atoms with E-state index in [-0.39, 0.29) is 18.3 Å². The van der Waals surface area contributed by atoms with Crippen LogP contribution in [-0.2, 0) is 11.3 Å². The number of carbonyl (C=O) groups excluding carboxylic acids is 1. The summed E-state index contributed by atoms with van der Waals surface area (Å²) >= 11 is 7.25. The Bertz CT molecular complexity index is 328. The van der Waals surface area contributed by atoms with Gasteiger partial charge in [-0.05, 0) is 19.1 Å². The summed E-state index contributed by atoms with van der Waals surface area (Å²) < 4.78 is 0.738. The van der Waals surface area contributed by atoms with Crippen LogP contribution in [0.25, 0.3) is 0 Å². The van der Waals surface area contributed by atoms with Crippen molar-refractivity contribution >= 4 is 41.3 Å². The summed E-state index contributed by atoms with van der Waals surface area (Å²) in [4.78, 5) is 14.1. The van der Waals surface area contributed by atoms with Crippen LogP contribution in [0.1, 0.15) is 11.8 Å². The third-order valence-electron chi connectivity index (χ3n) is 1.79. The van der Waals surface area contributed by atoms with Crippen LogP contribution in [0, 0.1) is 0 Å². The van der Waals surface area contributed by atoms with Gasteiger partial charge in [-0.1, -0.05) is 11.6 Å². The van der Waals surface area contributed by atoms with Gasteiger partial charge in [0.05, 0.1) is 16.9 Å². The summed E-state index contributed by atoms with van der Waals surface area (Å²) in [5.41, 5.74) is 5.48. The van der Waals surface area contributed by atoms with Gasteiger partial charge in [0, 0.05) is 11.9 Å². The molecule has 1 aromatic heterocycles. The first-order valence-electron chi connectivity index (χ1n) is 4.25. The average Bonchev–Trinajstić information content (AvgIpc) is 2.49. The molecule has 1 atom stereocenters. The van der Waals surface area contributed by atoms with Crippen LogP contribution >= 0.6 is 35.3 Å². The molecule has 1 aromatic rings. The number of halogens is 2. The summed E-state index contributed by atoms with van der Waals surface area (Å²) in [5.74, 6) is -0.0606. The fourth-order valence-electron chi connectivity index (χ4n) is 1.10. The first-order chi connectivity index (χ1) is 6.50. The van der Waals surface area contributed by atoms with Crippen molar-refractivity contribution in [3.63, 3.8) is 0 Å². The predicted molar refractivity (Wildman–Crippen MR) is 66.7 cm³/mol. The Morgan fingerprint density at radius 1 is 1.67 bits per heavy atom. The van der Waals surface area contributed by atoms with E-state index < -0.39 is 6.04 Å². The van der Waals surface area contributed by atoms with Gasteiger partial charge in [0.25, 0.3) is 0 Å². The van der Waals surface area contributed by atoms with Crippen molar-refractivity contribution < 1.29 is 4.79 Å². The number of nitrogens with two attached hydrogens (primary N) is 1. The van der Waals surface area contributed by atoms with Crippen LogP contribution in [0.3, 0.4) is 0 Å². The molecule has 1 rings (SSSR count). The fourth-order valence-corrected chi connectivity index (χ4v) is 2.24. The van der Waals surface area contributed by atoms with E-state index in [1.54, 1.807) is 18.9 Å². The number of nitrogens with zero attached hydrogens (tertiary/aromatic N) is 1. The Hall–Kier alpha value is -0.290. The Morgan fingerprint density at radius 3 is 2.67 bits per heavy atom. The fraction of sp³-hybridized carbons (Fsp3) is 0.444. The normalized spacial score (nSPS) is 11.7. The average molecular weight is 269 g/mol. The minimum Gasteiger partial charge on any atom is -0.339 e. The zero-order valence-corrected chi connectivity index (χ0v) is 11.0.